The number of carbonyl (C=O) groups excluding carboxylic acids is 2. The van der Waals surface area contributed by atoms with Crippen molar-refractivity contribution in [2.45, 2.75) is 45.1 Å². The van der Waals surface area contributed by atoms with E-state index in [0.717, 1.165) is 5.56 Å². The minimum atomic E-state index is -0.794. The number of rotatable bonds is 6. The van der Waals surface area contributed by atoms with E-state index in [9.17, 15) is 14.0 Å². The molecule has 0 aromatic heterocycles. The van der Waals surface area contributed by atoms with Crippen LogP contribution in [0.5, 0.6) is 0 Å². The number of ether oxygens (including phenoxy) is 1. The molecule has 0 bridgehead atoms. The van der Waals surface area contributed by atoms with Crippen LogP contribution < -0.4 is 5.73 Å². The number of halogens is 1. The van der Waals surface area contributed by atoms with Crippen molar-refractivity contribution in [3.63, 3.8) is 0 Å². The van der Waals surface area contributed by atoms with Crippen molar-refractivity contribution in [2.24, 2.45) is 11.7 Å². The molecule has 2 N–H and O–H groups in total. The first-order valence-corrected chi connectivity index (χ1v) is 10.7. The number of primary amides is 1. The Morgan fingerprint density at radius 1 is 1.06 bits per heavy atom. The number of hydrogen-bond acceptors (Lipinski definition) is 4. The van der Waals surface area contributed by atoms with Crippen LogP contribution in [0, 0.1) is 11.7 Å². The summed E-state index contributed by atoms with van der Waals surface area (Å²) < 4.78 is 18.3. The van der Waals surface area contributed by atoms with Crippen molar-refractivity contribution < 1.29 is 18.7 Å². The fourth-order valence-electron chi connectivity index (χ4n) is 4.10. The largest absolute Gasteiger partial charge is 0.448 e. The zero-order chi connectivity index (χ0) is 22.6. The second-order valence-electron chi connectivity index (χ2n) is 9.20. The van der Waals surface area contributed by atoms with Gasteiger partial charge in [0.2, 0.25) is 0 Å². The zero-order valence-electron chi connectivity index (χ0n) is 18.4. The van der Waals surface area contributed by atoms with Gasteiger partial charge in [-0.3, -0.25) is 9.69 Å². The maximum absolute atomic E-state index is 13.2. The Hall–Kier alpha value is -2.73. The molecular formula is C25H31FN2O3. The lowest BCUT2D eigenvalue weighted by Gasteiger charge is -2.37. The highest BCUT2D eigenvalue weighted by Crippen LogP contribution is 2.31. The first-order valence-electron chi connectivity index (χ1n) is 10.7. The summed E-state index contributed by atoms with van der Waals surface area (Å²) in [6, 6.07) is 14.0. The van der Waals surface area contributed by atoms with Gasteiger partial charge in [0.05, 0.1) is 6.04 Å². The van der Waals surface area contributed by atoms with Gasteiger partial charge in [0, 0.05) is 11.5 Å². The van der Waals surface area contributed by atoms with E-state index >= 15 is 0 Å². The molecule has 31 heavy (non-hydrogen) atoms. The standard InChI is InChI=1S/C25H31FN2O3/c1-25(2,3)20-8-4-17(5-9-20)22(16-31-24(27)30)28-14-12-19(13-15-28)23(29)18-6-10-21(26)11-7-18/h4-11,19,22H,12-16H2,1-3H3,(H2,27,30). The third-order valence-electron chi connectivity index (χ3n) is 6.01. The number of carbonyl (C=O) groups is 2. The van der Waals surface area contributed by atoms with Crippen LogP contribution in [0.25, 0.3) is 0 Å². The third-order valence-corrected chi connectivity index (χ3v) is 6.01. The molecule has 1 saturated heterocycles. The van der Waals surface area contributed by atoms with E-state index in [-0.39, 0.29) is 35.6 Å². The van der Waals surface area contributed by atoms with Gasteiger partial charge in [-0.2, -0.15) is 0 Å². The lowest BCUT2D eigenvalue weighted by molar-refractivity contribution is 0.0627. The number of likely N-dealkylation sites (tertiary alicyclic amines) is 1. The van der Waals surface area contributed by atoms with E-state index in [0.29, 0.717) is 31.5 Å². The fourth-order valence-corrected chi connectivity index (χ4v) is 4.10. The molecule has 0 spiro atoms. The molecule has 1 amide bonds. The minimum Gasteiger partial charge on any atom is -0.448 e. The fraction of sp³-hybridized carbons (Fsp3) is 0.440. The zero-order valence-corrected chi connectivity index (χ0v) is 18.4. The van der Waals surface area contributed by atoms with Crippen LogP contribution in [-0.2, 0) is 10.2 Å². The average molecular weight is 427 g/mol. The third kappa shape index (κ3) is 5.91. The van der Waals surface area contributed by atoms with E-state index in [1.165, 1.54) is 17.7 Å². The molecule has 0 saturated carbocycles. The number of nitrogens with zero attached hydrogens (tertiary/aromatic N) is 1. The summed E-state index contributed by atoms with van der Waals surface area (Å²) in [4.78, 5) is 26.3. The SMILES string of the molecule is CC(C)(C)c1ccc(C(COC(N)=O)N2CCC(C(=O)c3ccc(F)cc3)CC2)cc1. The number of piperidine rings is 1. The molecule has 0 radical (unpaired) electrons. The molecule has 2 aromatic rings. The first kappa shape index (κ1) is 22.9. The monoisotopic (exact) mass is 426 g/mol. The van der Waals surface area contributed by atoms with Gasteiger partial charge in [-0.15, -0.1) is 0 Å². The molecule has 1 atom stereocenters. The molecule has 1 aliphatic heterocycles. The number of amides is 1. The number of ketones is 1. The molecular weight excluding hydrogens is 395 g/mol. The Kier molecular flexibility index (Phi) is 7.11. The van der Waals surface area contributed by atoms with Crippen molar-refractivity contribution in [2.75, 3.05) is 19.7 Å². The molecule has 0 aliphatic carbocycles. The van der Waals surface area contributed by atoms with Crippen LogP contribution in [0.4, 0.5) is 9.18 Å². The summed E-state index contributed by atoms with van der Waals surface area (Å²) in [7, 11) is 0. The Balaban J connectivity index is 1.70. The summed E-state index contributed by atoms with van der Waals surface area (Å²) >= 11 is 0. The van der Waals surface area contributed by atoms with Crippen LogP contribution in [0.1, 0.15) is 61.1 Å². The lowest BCUT2D eigenvalue weighted by atomic mass is 9.85. The molecule has 1 aliphatic rings. The molecule has 2 aromatic carbocycles. The molecule has 1 heterocycles. The van der Waals surface area contributed by atoms with E-state index in [1.807, 2.05) is 0 Å². The second kappa shape index (κ2) is 9.60. The topological polar surface area (TPSA) is 72.6 Å². The summed E-state index contributed by atoms with van der Waals surface area (Å²) in [6.45, 7) is 8.06. The van der Waals surface area contributed by atoms with Gasteiger partial charge < -0.3 is 10.5 Å². The maximum Gasteiger partial charge on any atom is 0.404 e. The normalized spacial score (nSPS) is 16.6. The average Bonchev–Trinajstić information content (AvgIpc) is 2.74. The Bertz CT molecular complexity index is 896. The number of Topliss-reactive ketones (excluding diaryl/α,β-unsaturated/α-hetero) is 1. The van der Waals surface area contributed by atoms with Gasteiger partial charge in [-0.05, 0) is 66.7 Å². The minimum absolute atomic E-state index is 0.0524. The molecule has 5 nitrogen and oxygen atoms in total. The molecule has 3 rings (SSSR count). The molecule has 1 fully saturated rings. The Labute approximate surface area is 183 Å². The van der Waals surface area contributed by atoms with E-state index in [4.69, 9.17) is 10.5 Å². The predicted molar refractivity (Wildman–Crippen MR) is 118 cm³/mol. The van der Waals surface area contributed by atoms with Crippen molar-refractivity contribution in [1.29, 1.82) is 0 Å². The van der Waals surface area contributed by atoms with Crippen LogP contribution >= 0.6 is 0 Å². The summed E-state index contributed by atoms with van der Waals surface area (Å²) in [6.07, 6.45) is 0.602. The van der Waals surface area contributed by atoms with Gasteiger partial charge >= 0.3 is 6.09 Å². The number of hydrogen-bond donors (Lipinski definition) is 1. The highest BCUT2D eigenvalue weighted by molar-refractivity contribution is 5.97. The van der Waals surface area contributed by atoms with Crippen LogP contribution in [-0.4, -0.2) is 36.5 Å². The van der Waals surface area contributed by atoms with Gasteiger partial charge in [-0.25, -0.2) is 9.18 Å². The second-order valence-corrected chi connectivity index (χ2v) is 9.20. The summed E-state index contributed by atoms with van der Waals surface area (Å²) in [5.41, 5.74) is 8.10. The van der Waals surface area contributed by atoms with E-state index in [2.05, 4.69) is 49.9 Å². The van der Waals surface area contributed by atoms with Gasteiger partial charge in [0.25, 0.3) is 0 Å². The first-order chi connectivity index (χ1) is 14.6. The Morgan fingerprint density at radius 3 is 2.16 bits per heavy atom. The van der Waals surface area contributed by atoms with Crippen molar-refractivity contribution >= 4 is 11.9 Å². The Morgan fingerprint density at radius 2 is 1.65 bits per heavy atom. The highest BCUT2D eigenvalue weighted by atomic mass is 19.1. The number of nitrogens with two attached hydrogens (primary N) is 1. The van der Waals surface area contributed by atoms with Crippen LogP contribution in [0.2, 0.25) is 0 Å². The van der Waals surface area contributed by atoms with E-state index in [1.54, 1.807) is 12.1 Å². The van der Waals surface area contributed by atoms with Gasteiger partial charge in [0.1, 0.15) is 12.4 Å². The van der Waals surface area contributed by atoms with Crippen LogP contribution in [0.15, 0.2) is 48.5 Å². The molecule has 6 heteroatoms. The van der Waals surface area contributed by atoms with Crippen molar-refractivity contribution in [3.8, 4) is 0 Å². The quantitative estimate of drug-likeness (QED) is 0.670. The van der Waals surface area contributed by atoms with Crippen molar-refractivity contribution in [3.05, 3.63) is 71.0 Å². The molecule has 166 valence electrons. The summed E-state index contributed by atoms with van der Waals surface area (Å²) in [5.74, 6) is -0.386. The van der Waals surface area contributed by atoms with Crippen LogP contribution in [0.3, 0.4) is 0 Å². The predicted octanol–water partition coefficient (Wildman–Crippen LogP) is 4.85. The number of benzene rings is 2. The highest BCUT2D eigenvalue weighted by Gasteiger charge is 2.30. The maximum atomic E-state index is 13.2. The van der Waals surface area contributed by atoms with E-state index < -0.39 is 6.09 Å². The summed E-state index contributed by atoms with van der Waals surface area (Å²) in [5, 5.41) is 0. The smallest absolute Gasteiger partial charge is 0.404 e. The van der Waals surface area contributed by atoms with Gasteiger partial charge in [0.15, 0.2) is 5.78 Å². The van der Waals surface area contributed by atoms with Crippen molar-refractivity contribution in [1.82, 2.24) is 4.90 Å². The van der Waals surface area contributed by atoms with Gasteiger partial charge in [-0.1, -0.05) is 45.0 Å². The lowest BCUT2D eigenvalue weighted by Crippen LogP contribution is -2.41. The molecule has 1 unspecified atom stereocenters.